The summed E-state index contributed by atoms with van der Waals surface area (Å²) in [5.41, 5.74) is 1.77. The Bertz CT molecular complexity index is 855. The first kappa shape index (κ1) is 15.9. The van der Waals surface area contributed by atoms with E-state index in [0.29, 0.717) is 24.4 Å². The molecule has 0 spiro atoms. The number of benzene rings is 2. The molecule has 1 amide bonds. The Hall–Kier alpha value is -2.95. The number of hydrogen-bond donors (Lipinski definition) is 1. The Kier molecular flexibility index (Phi) is 4.70. The second kappa shape index (κ2) is 7.08. The highest BCUT2D eigenvalue weighted by molar-refractivity contribution is 5.92. The predicted octanol–water partition coefficient (Wildman–Crippen LogP) is 3.69. The Morgan fingerprint density at radius 2 is 1.92 bits per heavy atom. The molecule has 1 heterocycles. The number of anilines is 1. The predicted molar refractivity (Wildman–Crippen MR) is 94.7 cm³/mol. The number of amides is 1. The zero-order valence-electron chi connectivity index (χ0n) is 13.8. The number of methoxy groups -OCH3 is 2. The molecule has 2 aromatic carbocycles. The van der Waals surface area contributed by atoms with Crippen LogP contribution in [0.4, 0.5) is 5.69 Å². The van der Waals surface area contributed by atoms with E-state index in [-0.39, 0.29) is 5.91 Å². The number of aryl methyl sites for hydroxylation is 1. The number of hydrogen-bond acceptors (Lipinski definition) is 3. The Labute approximate surface area is 140 Å². The monoisotopic (exact) mass is 324 g/mol. The molecule has 0 radical (unpaired) electrons. The van der Waals surface area contributed by atoms with E-state index < -0.39 is 0 Å². The van der Waals surface area contributed by atoms with Crippen molar-refractivity contribution in [2.75, 3.05) is 19.5 Å². The Balaban J connectivity index is 1.66. The number of ether oxygens (including phenoxy) is 2. The van der Waals surface area contributed by atoms with E-state index in [1.807, 2.05) is 54.7 Å². The summed E-state index contributed by atoms with van der Waals surface area (Å²) < 4.78 is 12.5. The smallest absolute Gasteiger partial charge is 0.226 e. The molecule has 0 saturated carbocycles. The fourth-order valence-electron chi connectivity index (χ4n) is 2.68. The molecule has 5 nitrogen and oxygen atoms in total. The first-order chi connectivity index (χ1) is 11.7. The summed E-state index contributed by atoms with van der Waals surface area (Å²) in [4.78, 5) is 12.2. The number of rotatable bonds is 6. The van der Waals surface area contributed by atoms with Crippen LogP contribution in [0.2, 0.25) is 0 Å². The van der Waals surface area contributed by atoms with Gasteiger partial charge in [0, 0.05) is 30.1 Å². The number of nitrogens with zero attached hydrogens (tertiary/aromatic N) is 1. The van der Waals surface area contributed by atoms with Crippen LogP contribution in [0, 0.1) is 0 Å². The summed E-state index contributed by atoms with van der Waals surface area (Å²) in [6, 6.07) is 15.3. The van der Waals surface area contributed by atoms with Gasteiger partial charge in [0.15, 0.2) is 0 Å². The van der Waals surface area contributed by atoms with Gasteiger partial charge < -0.3 is 19.4 Å². The van der Waals surface area contributed by atoms with Gasteiger partial charge in [0.05, 0.1) is 19.9 Å². The normalized spacial score (nSPS) is 10.6. The first-order valence-electron chi connectivity index (χ1n) is 7.77. The van der Waals surface area contributed by atoms with Gasteiger partial charge in [-0.25, -0.2) is 0 Å². The van der Waals surface area contributed by atoms with Crippen LogP contribution in [0.25, 0.3) is 10.9 Å². The second-order valence-corrected chi connectivity index (χ2v) is 5.43. The average molecular weight is 324 g/mol. The van der Waals surface area contributed by atoms with Crippen LogP contribution in [-0.4, -0.2) is 24.7 Å². The standard InChI is InChI=1S/C19H20N2O3/c1-23-15-7-8-17-14(13-15)9-11-21(17)12-10-19(22)20-16-5-3-4-6-18(16)24-2/h3-9,11,13H,10,12H2,1-2H3,(H,20,22). The van der Waals surface area contributed by atoms with E-state index in [2.05, 4.69) is 9.88 Å². The maximum atomic E-state index is 12.2. The molecule has 0 bridgehead atoms. The van der Waals surface area contributed by atoms with Crippen molar-refractivity contribution in [3.63, 3.8) is 0 Å². The summed E-state index contributed by atoms with van der Waals surface area (Å²) >= 11 is 0. The highest BCUT2D eigenvalue weighted by atomic mass is 16.5. The van der Waals surface area contributed by atoms with Crippen molar-refractivity contribution in [1.82, 2.24) is 4.57 Å². The van der Waals surface area contributed by atoms with Crippen LogP contribution in [-0.2, 0) is 11.3 Å². The van der Waals surface area contributed by atoms with Crippen molar-refractivity contribution >= 4 is 22.5 Å². The van der Waals surface area contributed by atoms with Crippen molar-refractivity contribution in [2.45, 2.75) is 13.0 Å². The number of para-hydroxylation sites is 2. The zero-order chi connectivity index (χ0) is 16.9. The number of carbonyl (C=O) groups is 1. The molecule has 0 aliphatic carbocycles. The van der Waals surface area contributed by atoms with Crippen molar-refractivity contribution < 1.29 is 14.3 Å². The Morgan fingerprint density at radius 3 is 2.71 bits per heavy atom. The average Bonchev–Trinajstić information content (AvgIpc) is 3.02. The van der Waals surface area contributed by atoms with Gasteiger partial charge in [0.25, 0.3) is 0 Å². The molecule has 24 heavy (non-hydrogen) atoms. The summed E-state index contributed by atoms with van der Waals surface area (Å²) in [5, 5.41) is 3.99. The minimum Gasteiger partial charge on any atom is -0.497 e. The fourth-order valence-corrected chi connectivity index (χ4v) is 2.68. The number of nitrogens with one attached hydrogen (secondary N) is 1. The topological polar surface area (TPSA) is 52.5 Å². The fraction of sp³-hybridized carbons (Fsp3) is 0.211. The molecule has 3 rings (SSSR count). The van der Waals surface area contributed by atoms with Gasteiger partial charge in [-0.3, -0.25) is 4.79 Å². The van der Waals surface area contributed by atoms with Crippen molar-refractivity contribution in [1.29, 1.82) is 0 Å². The van der Waals surface area contributed by atoms with Gasteiger partial charge in [0.1, 0.15) is 11.5 Å². The van der Waals surface area contributed by atoms with Crippen LogP contribution >= 0.6 is 0 Å². The van der Waals surface area contributed by atoms with Crippen LogP contribution in [0.15, 0.2) is 54.7 Å². The number of aromatic nitrogens is 1. The molecule has 0 aliphatic heterocycles. The molecule has 0 atom stereocenters. The number of fused-ring (bicyclic) bond motifs is 1. The van der Waals surface area contributed by atoms with E-state index >= 15 is 0 Å². The quantitative estimate of drug-likeness (QED) is 0.752. The van der Waals surface area contributed by atoms with Crippen molar-refractivity contribution in [3.05, 3.63) is 54.7 Å². The molecule has 1 N–H and O–H groups in total. The lowest BCUT2D eigenvalue weighted by Crippen LogP contribution is -2.14. The minimum absolute atomic E-state index is 0.0464. The SMILES string of the molecule is COc1ccc2c(ccn2CCC(=O)Nc2ccccc2OC)c1. The van der Waals surface area contributed by atoms with Gasteiger partial charge in [0.2, 0.25) is 5.91 Å². The van der Waals surface area contributed by atoms with Crippen LogP contribution in [0.1, 0.15) is 6.42 Å². The summed E-state index contributed by atoms with van der Waals surface area (Å²) in [6.07, 6.45) is 2.37. The maximum absolute atomic E-state index is 12.2. The van der Waals surface area contributed by atoms with E-state index in [1.54, 1.807) is 14.2 Å². The summed E-state index contributed by atoms with van der Waals surface area (Å²) in [7, 11) is 3.24. The molecule has 3 aromatic rings. The van der Waals surface area contributed by atoms with Gasteiger partial charge in [-0.05, 0) is 36.4 Å². The lowest BCUT2D eigenvalue weighted by atomic mass is 10.2. The van der Waals surface area contributed by atoms with Crippen molar-refractivity contribution in [3.8, 4) is 11.5 Å². The summed E-state index contributed by atoms with van der Waals surface area (Å²) in [6.45, 7) is 0.608. The second-order valence-electron chi connectivity index (χ2n) is 5.43. The van der Waals surface area contributed by atoms with Crippen LogP contribution < -0.4 is 14.8 Å². The first-order valence-corrected chi connectivity index (χ1v) is 7.77. The third kappa shape index (κ3) is 3.35. The molecular weight excluding hydrogens is 304 g/mol. The maximum Gasteiger partial charge on any atom is 0.226 e. The van der Waals surface area contributed by atoms with Crippen LogP contribution in [0.5, 0.6) is 11.5 Å². The van der Waals surface area contributed by atoms with Gasteiger partial charge in [-0.2, -0.15) is 0 Å². The molecular formula is C19H20N2O3. The van der Waals surface area contributed by atoms with E-state index in [1.165, 1.54) is 0 Å². The molecule has 5 heteroatoms. The highest BCUT2D eigenvalue weighted by Crippen LogP contribution is 2.24. The lowest BCUT2D eigenvalue weighted by molar-refractivity contribution is -0.116. The van der Waals surface area contributed by atoms with E-state index in [0.717, 1.165) is 16.7 Å². The molecule has 0 aliphatic rings. The van der Waals surface area contributed by atoms with Crippen LogP contribution in [0.3, 0.4) is 0 Å². The lowest BCUT2D eigenvalue weighted by Gasteiger charge is -2.10. The summed E-state index contributed by atoms with van der Waals surface area (Å²) in [5.74, 6) is 1.44. The Morgan fingerprint density at radius 1 is 1.08 bits per heavy atom. The molecule has 0 fully saturated rings. The third-order valence-electron chi connectivity index (χ3n) is 3.94. The largest absolute Gasteiger partial charge is 0.497 e. The van der Waals surface area contributed by atoms with Gasteiger partial charge in [-0.1, -0.05) is 12.1 Å². The zero-order valence-corrected chi connectivity index (χ0v) is 13.8. The molecule has 0 unspecified atom stereocenters. The molecule has 124 valence electrons. The third-order valence-corrected chi connectivity index (χ3v) is 3.94. The molecule has 0 saturated heterocycles. The highest BCUT2D eigenvalue weighted by Gasteiger charge is 2.08. The van der Waals surface area contributed by atoms with Crippen molar-refractivity contribution in [2.24, 2.45) is 0 Å². The van der Waals surface area contributed by atoms with Gasteiger partial charge >= 0.3 is 0 Å². The number of carbonyl (C=O) groups excluding carboxylic acids is 1. The molecule has 1 aromatic heterocycles. The van der Waals surface area contributed by atoms with E-state index in [9.17, 15) is 4.79 Å². The minimum atomic E-state index is -0.0464. The van der Waals surface area contributed by atoms with Gasteiger partial charge in [-0.15, -0.1) is 0 Å². The van der Waals surface area contributed by atoms with E-state index in [4.69, 9.17) is 9.47 Å².